The molecule has 0 aliphatic carbocycles. The van der Waals surface area contributed by atoms with Gasteiger partial charge in [0.25, 0.3) is 0 Å². The summed E-state index contributed by atoms with van der Waals surface area (Å²) in [6, 6.07) is 21.7. The SMILES string of the molecule is C.CC(C)NCc1ccccc1.CC(C)Nc1ccccc1. The molecule has 0 unspecified atom stereocenters. The Kier molecular flexibility index (Phi) is 10.8. The van der Waals surface area contributed by atoms with Crippen molar-refractivity contribution in [3.8, 4) is 0 Å². The van der Waals surface area contributed by atoms with Gasteiger partial charge in [-0.2, -0.15) is 0 Å². The summed E-state index contributed by atoms with van der Waals surface area (Å²) in [5.41, 5.74) is 2.54. The molecule has 0 spiro atoms. The molecule has 0 saturated carbocycles. The third kappa shape index (κ3) is 10.0. The summed E-state index contributed by atoms with van der Waals surface area (Å²) in [5, 5.41) is 6.67. The van der Waals surface area contributed by atoms with Crippen molar-refractivity contribution in [1.29, 1.82) is 0 Å². The maximum Gasteiger partial charge on any atom is 0.0342 e. The standard InChI is InChI=1S/C10H15N.C9H13N.CH4/c1-9(2)11-8-10-6-4-3-5-7-10;1-8(2)10-9-6-4-3-5-7-9;/h3-7,9,11H,8H2,1-2H3;3-8,10H,1-2H3;1H4. The lowest BCUT2D eigenvalue weighted by Crippen LogP contribution is -2.21. The Hall–Kier alpha value is -1.80. The van der Waals surface area contributed by atoms with Gasteiger partial charge in [0, 0.05) is 24.3 Å². The molecule has 2 aromatic carbocycles. The quantitative estimate of drug-likeness (QED) is 0.780. The van der Waals surface area contributed by atoms with Crippen LogP contribution in [-0.2, 0) is 6.54 Å². The van der Waals surface area contributed by atoms with E-state index in [1.807, 2.05) is 24.3 Å². The van der Waals surface area contributed by atoms with Gasteiger partial charge >= 0.3 is 0 Å². The summed E-state index contributed by atoms with van der Waals surface area (Å²) in [6.07, 6.45) is 0. The molecule has 0 aliphatic heterocycles. The predicted octanol–water partition coefficient (Wildman–Crippen LogP) is 5.33. The molecule has 0 aromatic heterocycles. The monoisotopic (exact) mass is 300 g/mol. The summed E-state index contributed by atoms with van der Waals surface area (Å²) in [6.45, 7) is 9.55. The van der Waals surface area contributed by atoms with Crippen molar-refractivity contribution in [1.82, 2.24) is 5.32 Å². The lowest BCUT2D eigenvalue weighted by molar-refractivity contribution is 0.589. The Morgan fingerprint density at radius 3 is 1.68 bits per heavy atom. The summed E-state index contributed by atoms with van der Waals surface area (Å²) in [4.78, 5) is 0. The maximum absolute atomic E-state index is 3.36. The molecule has 0 heterocycles. The number of anilines is 1. The van der Waals surface area contributed by atoms with Crippen molar-refractivity contribution in [3.05, 3.63) is 66.2 Å². The molecular weight excluding hydrogens is 268 g/mol. The van der Waals surface area contributed by atoms with E-state index in [1.165, 1.54) is 11.3 Å². The molecule has 0 atom stereocenters. The highest BCUT2D eigenvalue weighted by Crippen LogP contribution is 2.05. The first-order valence-electron chi connectivity index (χ1n) is 7.67. The highest BCUT2D eigenvalue weighted by Gasteiger charge is 1.92. The molecule has 0 saturated heterocycles. The zero-order chi connectivity index (χ0) is 15.5. The second-order valence-corrected chi connectivity index (χ2v) is 5.69. The molecule has 2 N–H and O–H groups in total. The van der Waals surface area contributed by atoms with E-state index in [-0.39, 0.29) is 7.43 Å². The van der Waals surface area contributed by atoms with Gasteiger partial charge in [-0.25, -0.2) is 0 Å². The van der Waals surface area contributed by atoms with Gasteiger partial charge < -0.3 is 10.6 Å². The first kappa shape index (κ1) is 20.2. The van der Waals surface area contributed by atoms with Gasteiger partial charge in [0.05, 0.1) is 0 Å². The smallest absolute Gasteiger partial charge is 0.0342 e. The topological polar surface area (TPSA) is 24.1 Å². The zero-order valence-electron chi connectivity index (χ0n) is 13.6. The number of hydrogen-bond donors (Lipinski definition) is 2. The molecule has 2 aromatic rings. The van der Waals surface area contributed by atoms with E-state index in [0.717, 1.165) is 6.54 Å². The van der Waals surface area contributed by atoms with Gasteiger partial charge in [-0.3, -0.25) is 0 Å². The van der Waals surface area contributed by atoms with E-state index in [4.69, 9.17) is 0 Å². The molecule has 0 radical (unpaired) electrons. The van der Waals surface area contributed by atoms with E-state index < -0.39 is 0 Å². The van der Waals surface area contributed by atoms with Crippen molar-refractivity contribution in [3.63, 3.8) is 0 Å². The van der Waals surface area contributed by atoms with Crippen LogP contribution >= 0.6 is 0 Å². The van der Waals surface area contributed by atoms with E-state index >= 15 is 0 Å². The molecule has 2 rings (SSSR count). The lowest BCUT2D eigenvalue weighted by atomic mass is 10.2. The molecule has 2 nitrogen and oxygen atoms in total. The maximum atomic E-state index is 3.36. The van der Waals surface area contributed by atoms with E-state index in [2.05, 4.69) is 74.7 Å². The third-order valence-corrected chi connectivity index (χ3v) is 2.79. The fourth-order valence-electron chi connectivity index (χ4n) is 1.79. The zero-order valence-corrected chi connectivity index (χ0v) is 13.6. The summed E-state index contributed by atoms with van der Waals surface area (Å²) >= 11 is 0. The summed E-state index contributed by atoms with van der Waals surface area (Å²) < 4.78 is 0. The van der Waals surface area contributed by atoms with Crippen LogP contribution in [0.5, 0.6) is 0 Å². The highest BCUT2D eigenvalue weighted by molar-refractivity contribution is 5.42. The highest BCUT2D eigenvalue weighted by atomic mass is 14.9. The predicted molar refractivity (Wildman–Crippen MR) is 100 cm³/mol. The van der Waals surface area contributed by atoms with Gasteiger partial charge in [0.1, 0.15) is 0 Å². The fourth-order valence-corrected chi connectivity index (χ4v) is 1.79. The van der Waals surface area contributed by atoms with Crippen LogP contribution in [0.3, 0.4) is 0 Å². The van der Waals surface area contributed by atoms with Crippen LogP contribution < -0.4 is 10.6 Å². The van der Waals surface area contributed by atoms with Gasteiger partial charge in [-0.05, 0) is 31.5 Å². The lowest BCUT2D eigenvalue weighted by Gasteiger charge is -2.08. The number of hydrogen-bond acceptors (Lipinski definition) is 2. The van der Waals surface area contributed by atoms with Gasteiger partial charge in [-0.15, -0.1) is 0 Å². The Balaban J connectivity index is 0.000000385. The first-order chi connectivity index (χ1) is 10.1. The molecule has 22 heavy (non-hydrogen) atoms. The molecular formula is C20H32N2. The van der Waals surface area contributed by atoms with Crippen molar-refractivity contribution in [2.24, 2.45) is 0 Å². The van der Waals surface area contributed by atoms with Gasteiger partial charge in [0.2, 0.25) is 0 Å². The van der Waals surface area contributed by atoms with Crippen LogP contribution in [0, 0.1) is 0 Å². The Bertz CT molecular complexity index is 464. The number of para-hydroxylation sites is 1. The molecule has 0 aliphatic rings. The Morgan fingerprint density at radius 1 is 0.727 bits per heavy atom. The number of nitrogens with one attached hydrogen (secondary N) is 2. The Morgan fingerprint density at radius 2 is 1.23 bits per heavy atom. The van der Waals surface area contributed by atoms with E-state index in [0.29, 0.717) is 12.1 Å². The average molecular weight is 300 g/mol. The summed E-state index contributed by atoms with van der Waals surface area (Å²) in [5.74, 6) is 0. The van der Waals surface area contributed by atoms with Crippen molar-refractivity contribution in [2.45, 2.75) is 53.8 Å². The minimum atomic E-state index is 0. The van der Waals surface area contributed by atoms with Gasteiger partial charge in [0.15, 0.2) is 0 Å². The largest absolute Gasteiger partial charge is 0.383 e. The average Bonchev–Trinajstić information content (AvgIpc) is 2.47. The minimum absolute atomic E-state index is 0. The van der Waals surface area contributed by atoms with E-state index in [9.17, 15) is 0 Å². The van der Waals surface area contributed by atoms with Crippen LogP contribution in [0.2, 0.25) is 0 Å². The molecule has 2 heteroatoms. The molecule has 0 fully saturated rings. The fraction of sp³-hybridized carbons (Fsp3) is 0.400. The van der Waals surface area contributed by atoms with Crippen molar-refractivity contribution >= 4 is 5.69 Å². The molecule has 122 valence electrons. The summed E-state index contributed by atoms with van der Waals surface area (Å²) in [7, 11) is 0. The number of benzene rings is 2. The molecule has 0 amide bonds. The molecule has 0 bridgehead atoms. The van der Waals surface area contributed by atoms with Crippen LogP contribution in [-0.4, -0.2) is 12.1 Å². The third-order valence-electron chi connectivity index (χ3n) is 2.79. The first-order valence-corrected chi connectivity index (χ1v) is 7.67. The Labute approximate surface area is 137 Å². The van der Waals surface area contributed by atoms with Crippen molar-refractivity contribution in [2.75, 3.05) is 5.32 Å². The minimum Gasteiger partial charge on any atom is -0.383 e. The second-order valence-electron chi connectivity index (χ2n) is 5.69. The van der Waals surface area contributed by atoms with Crippen LogP contribution in [0.4, 0.5) is 5.69 Å². The van der Waals surface area contributed by atoms with Crippen LogP contribution in [0.1, 0.15) is 40.7 Å². The van der Waals surface area contributed by atoms with Crippen LogP contribution in [0.15, 0.2) is 60.7 Å². The normalized spacial score (nSPS) is 9.73. The van der Waals surface area contributed by atoms with Gasteiger partial charge in [-0.1, -0.05) is 69.8 Å². The van der Waals surface area contributed by atoms with Crippen molar-refractivity contribution < 1.29 is 0 Å². The van der Waals surface area contributed by atoms with Crippen LogP contribution in [0.25, 0.3) is 0 Å². The number of rotatable bonds is 5. The second kappa shape index (κ2) is 11.8. The van der Waals surface area contributed by atoms with E-state index in [1.54, 1.807) is 0 Å².